The summed E-state index contributed by atoms with van der Waals surface area (Å²) in [6, 6.07) is 15.9. The lowest BCUT2D eigenvalue weighted by atomic mass is 10.2. The van der Waals surface area contributed by atoms with Crippen molar-refractivity contribution in [2.75, 3.05) is 4.90 Å². The molecule has 0 N–H and O–H groups in total. The average Bonchev–Trinajstić information content (AvgIpc) is 3.09. The monoisotopic (exact) mass is 386 g/mol. The molecule has 0 radical (unpaired) electrons. The molecule has 5 nitrogen and oxygen atoms in total. The molecule has 26 heavy (non-hydrogen) atoms. The minimum absolute atomic E-state index is 0.00108. The Labute approximate surface area is 159 Å². The van der Waals surface area contributed by atoms with Gasteiger partial charge in [-0.05, 0) is 24.3 Å². The Morgan fingerprint density at radius 1 is 1.12 bits per heavy atom. The van der Waals surface area contributed by atoms with E-state index in [2.05, 4.69) is 4.98 Å². The van der Waals surface area contributed by atoms with Crippen molar-refractivity contribution in [2.24, 2.45) is 0 Å². The summed E-state index contributed by atoms with van der Waals surface area (Å²) in [4.78, 5) is 30.1. The molecule has 3 rings (SSSR count). The Hall–Kier alpha value is -2.70. The molecule has 0 unspecified atom stereocenters. The highest BCUT2D eigenvalue weighted by Gasteiger charge is 2.18. The molecule has 7 heteroatoms. The first kappa shape index (κ1) is 18.1. The standard InChI is InChI=1S/C19H15ClN2O3S/c1-13(23)22(15-7-3-2-4-8-15)19-21-14(12-26-19)11-25-18(24)16-9-5-6-10-17(16)20/h2-10,12H,11H2,1H3. The van der Waals surface area contributed by atoms with Crippen molar-refractivity contribution in [1.29, 1.82) is 0 Å². The second-order valence-corrected chi connectivity index (χ2v) is 6.61. The molecule has 3 aromatic rings. The summed E-state index contributed by atoms with van der Waals surface area (Å²) in [5.74, 6) is -0.665. The number of benzene rings is 2. The fraction of sp³-hybridized carbons (Fsp3) is 0.105. The lowest BCUT2D eigenvalue weighted by Gasteiger charge is -2.17. The van der Waals surface area contributed by atoms with Crippen LogP contribution in [0.1, 0.15) is 23.0 Å². The third kappa shape index (κ3) is 4.09. The number of nitrogens with zero attached hydrogens (tertiary/aromatic N) is 2. The molecule has 0 bridgehead atoms. The predicted octanol–water partition coefficient (Wildman–Crippen LogP) is 4.84. The molecule has 1 heterocycles. The number of hydrogen-bond acceptors (Lipinski definition) is 5. The molecule has 132 valence electrons. The van der Waals surface area contributed by atoms with Crippen LogP contribution in [-0.2, 0) is 16.1 Å². The van der Waals surface area contributed by atoms with Crippen molar-refractivity contribution < 1.29 is 14.3 Å². The summed E-state index contributed by atoms with van der Waals surface area (Å²) in [6.07, 6.45) is 0. The van der Waals surface area contributed by atoms with E-state index in [-0.39, 0.29) is 12.5 Å². The molecule has 1 aromatic heterocycles. The Bertz CT molecular complexity index is 927. The van der Waals surface area contributed by atoms with Crippen LogP contribution in [0.2, 0.25) is 5.02 Å². The summed E-state index contributed by atoms with van der Waals surface area (Å²) in [7, 11) is 0. The quantitative estimate of drug-likeness (QED) is 0.589. The molecule has 0 saturated carbocycles. The van der Waals surface area contributed by atoms with Crippen LogP contribution in [0.15, 0.2) is 60.0 Å². The van der Waals surface area contributed by atoms with Gasteiger partial charge in [0, 0.05) is 12.3 Å². The number of anilines is 2. The zero-order chi connectivity index (χ0) is 18.5. The van der Waals surface area contributed by atoms with Gasteiger partial charge in [0.1, 0.15) is 6.61 Å². The molecule has 0 atom stereocenters. The van der Waals surface area contributed by atoms with E-state index >= 15 is 0 Å². The molecule has 0 fully saturated rings. The molecule has 2 aromatic carbocycles. The van der Waals surface area contributed by atoms with Gasteiger partial charge in [-0.2, -0.15) is 0 Å². The molecule has 0 aliphatic carbocycles. The van der Waals surface area contributed by atoms with E-state index in [4.69, 9.17) is 16.3 Å². The van der Waals surface area contributed by atoms with Gasteiger partial charge in [-0.25, -0.2) is 9.78 Å². The number of esters is 1. The number of halogens is 1. The lowest BCUT2D eigenvalue weighted by molar-refractivity contribution is -0.115. The van der Waals surface area contributed by atoms with Crippen molar-refractivity contribution in [1.82, 2.24) is 4.98 Å². The number of aromatic nitrogens is 1. The van der Waals surface area contributed by atoms with Crippen molar-refractivity contribution in [3.63, 3.8) is 0 Å². The topological polar surface area (TPSA) is 59.5 Å². The number of thiazole rings is 1. The van der Waals surface area contributed by atoms with Gasteiger partial charge in [0.2, 0.25) is 5.91 Å². The summed E-state index contributed by atoms with van der Waals surface area (Å²) in [6.45, 7) is 1.48. The Balaban J connectivity index is 1.72. The van der Waals surface area contributed by atoms with Crippen molar-refractivity contribution in [3.05, 3.63) is 76.3 Å². The minimum atomic E-state index is -0.517. The molecule has 1 amide bonds. The van der Waals surface area contributed by atoms with Crippen molar-refractivity contribution in [3.8, 4) is 0 Å². The molecule has 0 aliphatic rings. The first-order valence-electron chi connectivity index (χ1n) is 7.78. The number of carbonyl (C=O) groups excluding carboxylic acids is 2. The Kier molecular flexibility index (Phi) is 5.65. The summed E-state index contributed by atoms with van der Waals surface area (Å²) < 4.78 is 5.27. The van der Waals surface area contributed by atoms with Gasteiger partial charge in [0.25, 0.3) is 0 Å². The summed E-state index contributed by atoms with van der Waals surface area (Å²) >= 11 is 7.30. The summed E-state index contributed by atoms with van der Waals surface area (Å²) in [5, 5.41) is 2.62. The highest BCUT2D eigenvalue weighted by atomic mass is 35.5. The first-order chi connectivity index (χ1) is 12.6. The molecule has 0 saturated heterocycles. The lowest BCUT2D eigenvalue weighted by Crippen LogP contribution is -2.22. The SMILES string of the molecule is CC(=O)N(c1ccccc1)c1nc(COC(=O)c2ccccc2Cl)cs1. The van der Waals surface area contributed by atoms with Crippen LogP contribution in [0.5, 0.6) is 0 Å². The largest absolute Gasteiger partial charge is 0.456 e. The van der Waals surface area contributed by atoms with E-state index in [0.29, 0.717) is 21.4 Å². The minimum Gasteiger partial charge on any atom is -0.456 e. The normalized spacial score (nSPS) is 10.4. The second kappa shape index (κ2) is 8.12. The smallest absolute Gasteiger partial charge is 0.340 e. The highest BCUT2D eigenvalue weighted by molar-refractivity contribution is 7.14. The second-order valence-electron chi connectivity index (χ2n) is 5.37. The highest BCUT2D eigenvalue weighted by Crippen LogP contribution is 2.29. The maximum Gasteiger partial charge on any atom is 0.340 e. The van der Waals surface area contributed by atoms with Crippen LogP contribution < -0.4 is 4.90 Å². The number of carbonyl (C=O) groups is 2. The number of para-hydroxylation sites is 1. The van der Waals surface area contributed by atoms with E-state index in [9.17, 15) is 9.59 Å². The fourth-order valence-corrected chi connectivity index (χ4v) is 3.40. The van der Waals surface area contributed by atoms with Gasteiger partial charge in [0.15, 0.2) is 5.13 Å². The van der Waals surface area contributed by atoms with Crippen LogP contribution in [-0.4, -0.2) is 16.9 Å². The van der Waals surface area contributed by atoms with E-state index < -0.39 is 5.97 Å². The fourth-order valence-electron chi connectivity index (χ4n) is 2.31. The number of amides is 1. The zero-order valence-corrected chi connectivity index (χ0v) is 15.5. The van der Waals surface area contributed by atoms with Crippen LogP contribution >= 0.6 is 22.9 Å². The third-order valence-electron chi connectivity index (χ3n) is 3.51. The van der Waals surface area contributed by atoms with Crippen LogP contribution in [0.4, 0.5) is 10.8 Å². The third-order valence-corrected chi connectivity index (χ3v) is 4.71. The van der Waals surface area contributed by atoms with Crippen LogP contribution in [0, 0.1) is 0 Å². The van der Waals surface area contributed by atoms with Gasteiger partial charge in [-0.1, -0.05) is 41.9 Å². The first-order valence-corrected chi connectivity index (χ1v) is 9.04. The van der Waals surface area contributed by atoms with Crippen molar-refractivity contribution in [2.45, 2.75) is 13.5 Å². The zero-order valence-electron chi connectivity index (χ0n) is 13.9. The Morgan fingerprint density at radius 2 is 1.81 bits per heavy atom. The van der Waals surface area contributed by atoms with Gasteiger partial charge in [-0.15, -0.1) is 11.3 Å². The molecular formula is C19H15ClN2O3S. The molecular weight excluding hydrogens is 372 g/mol. The van der Waals surface area contributed by atoms with Gasteiger partial charge in [-0.3, -0.25) is 9.69 Å². The van der Waals surface area contributed by atoms with Crippen LogP contribution in [0.25, 0.3) is 0 Å². The van der Waals surface area contributed by atoms with Gasteiger partial charge in [0.05, 0.1) is 22.0 Å². The number of rotatable bonds is 5. The van der Waals surface area contributed by atoms with E-state index in [1.165, 1.54) is 23.2 Å². The van der Waals surface area contributed by atoms with Gasteiger partial charge >= 0.3 is 5.97 Å². The van der Waals surface area contributed by atoms with E-state index in [1.807, 2.05) is 30.3 Å². The maximum absolute atomic E-state index is 12.1. The van der Waals surface area contributed by atoms with E-state index in [0.717, 1.165) is 5.69 Å². The summed E-state index contributed by atoms with van der Waals surface area (Å²) in [5.41, 5.74) is 1.60. The molecule has 0 aliphatic heterocycles. The van der Waals surface area contributed by atoms with E-state index in [1.54, 1.807) is 29.6 Å². The Morgan fingerprint density at radius 3 is 2.50 bits per heavy atom. The number of ether oxygens (including phenoxy) is 1. The molecule has 0 spiro atoms. The van der Waals surface area contributed by atoms with Crippen molar-refractivity contribution >= 4 is 45.6 Å². The number of hydrogen-bond donors (Lipinski definition) is 0. The predicted molar refractivity (Wildman–Crippen MR) is 102 cm³/mol. The maximum atomic E-state index is 12.1. The van der Waals surface area contributed by atoms with Crippen LogP contribution in [0.3, 0.4) is 0 Å². The van der Waals surface area contributed by atoms with Gasteiger partial charge < -0.3 is 4.74 Å². The average molecular weight is 387 g/mol.